The number of carbonyl (C=O) groups excluding carboxylic acids is 3. The Morgan fingerprint density at radius 3 is 2.44 bits per heavy atom. The second-order valence-corrected chi connectivity index (χ2v) is 7.77. The van der Waals surface area contributed by atoms with Gasteiger partial charge in [0, 0.05) is 57.5 Å². The number of benzene rings is 1. The van der Waals surface area contributed by atoms with E-state index in [0.29, 0.717) is 61.7 Å². The number of esters is 1. The molecule has 9 heteroatoms. The van der Waals surface area contributed by atoms with E-state index in [9.17, 15) is 14.4 Å². The van der Waals surface area contributed by atoms with Gasteiger partial charge in [0.2, 0.25) is 5.91 Å². The van der Waals surface area contributed by atoms with Crippen LogP contribution in [0, 0.1) is 0 Å². The standard InChI is InChI=1S/C23H32N4O5/c1-5-19(28)27-13-11-26(12-14-27)15-17-20(22(29)32-6-2)21(24-23(30)25(17)3)16-9-7-8-10-18(16)31-4/h7-10,21H,5-6,11-15H2,1-4H3,(H,24,30). The number of methoxy groups -OCH3 is 1. The molecule has 1 atom stereocenters. The van der Waals surface area contributed by atoms with E-state index in [2.05, 4.69) is 10.2 Å². The molecule has 2 aliphatic rings. The highest BCUT2D eigenvalue weighted by Gasteiger charge is 2.38. The molecular weight excluding hydrogens is 412 g/mol. The van der Waals surface area contributed by atoms with Crippen LogP contribution in [-0.2, 0) is 14.3 Å². The van der Waals surface area contributed by atoms with Gasteiger partial charge < -0.3 is 19.7 Å². The number of nitrogens with zero attached hydrogens (tertiary/aromatic N) is 3. The van der Waals surface area contributed by atoms with Gasteiger partial charge in [-0.05, 0) is 13.0 Å². The van der Waals surface area contributed by atoms with Crippen molar-refractivity contribution in [1.82, 2.24) is 20.0 Å². The number of likely N-dealkylation sites (N-methyl/N-ethyl adjacent to an activating group) is 1. The summed E-state index contributed by atoms with van der Waals surface area (Å²) in [5, 5.41) is 2.92. The molecule has 1 fully saturated rings. The van der Waals surface area contributed by atoms with Gasteiger partial charge in [0.1, 0.15) is 5.75 Å². The molecule has 0 aromatic heterocycles. The van der Waals surface area contributed by atoms with E-state index in [1.165, 1.54) is 4.90 Å². The van der Waals surface area contributed by atoms with Crippen LogP contribution >= 0.6 is 0 Å². The van der Waals surface area contributed by atoms with Crippen LogP contribution in [0.4, 0.5) is 4.79 Å². The van der Waals surface area contributed by atoms with Gasteiger partial charge in [-0.15, -0.1) is 0 Å². The number of piperazine rings is 1. The Morgan fingerprint density at radius 1 is 1.12 bits per heavy atom. The maximum atomic E-state index is 13.1. The van der Waals surface area contributed by atoms with Crippen LogP contribution in [-0.4, -0.2) is 86.1 Å². The molecular formula is C23H32N4O5. The molecule has 2 heterocycles. The molecule has 1 unspecified atom stereocenters. The number of carbonyl (C=O) groups is 3. The van der Waals surface area contributed by atoms with Gasteiger partial charge in [0.15, 0.2) is 0 Å². The molecule has 1 aromatic rings. The van der Waals surface area contributed by atoms with Crippen LogP contribution in [0.25, 0.3) is 0 Å². The third kappa shape index (κ3) is 4.88. The normalized spacial score (nSPS) is 19.6. The number of para-hydroxylation sites is 1. The van der Waals surface area contributed by atoms with Crippen molar-refractivity contribution in [2.45, 2.75) is 26.3 Å². The van der Waals surface area contributed by atoms with Gasteiger partial charge in [0.25, 0.3) is 0 Å². The Morgan fingerprint density at radius 2 is 1.81 bits per heavy atom. The lowest BCUT2D eigenvalue weighted by Gasteiger charge is -2.39. The Hall–Kier alpha value is -3.07. The lowest BCUT2D eigenvalue weighted by Crippen LogP contribution is -2.53. The molecule has 9 nitrogen and oxygen atoms in total. The van der Waals surface area contributed by atoms with Gasteiger partial charge in [-0.1, -0.05) is 25.1 Å². The smallest absolute Gasteiger partial charge is 0.338 e. The van der Waals surface area contributed by atoms with Gasteiger partial charge in [-0.25, -0.2) is 9.59 Å². The maximum Gasteiger partial charge on any atom is 0.338 e. The van der Waals surface area contributed by atoms with E-state index >= 15 is 0 Å². The van der Waals surface area contributed by atoms with Crippen LogP contribution in [0.15, 0.2) is 35.5 Å². The zero-order valence-corrected chi connectivity index (χ0v) is 19.2. The summed E-state index contributed by atoms with van der Waals surface area (Å²) in [5.41, 5.74) is 1.68. The summed E-state index contributed by atoms with van der Waals surface area (Å²) in [7, 11) is 3.21. The largest absolute Gasteiger partial charge is 0.496 e. The van der Waals surface area contributed by atoms with Crippen molar-refractivity contribution in [3.05, 3.63) is 41.1 Å². The summed E-state index contributed by atoms with van der Waals surface area (Å²) in [5.74, 6) is 0.252. The van der Waals surface area contributed by atoms with Crippen molar-refractivity contribution >= 4 is 17.9 Å². The molecule has 0 aliphatic carbocycles. The Bertz CT molecular complexity index is 892. The quantitative estimate of drug-likeness (QED) is 0.645. The highest BCUT2D eigenvalue weighted by Crippen LogP contribution is 2.35. The fourth-order valence-corrected chi connectivity index (χ4v) is 4.13. The molecule has 174 valence electrons. The number of amides is 3. The van der Waals surface area contributed by atoms with E-state index < -0.39 is 12.0 Å². The number of rotatable bonds is 7. The highest BCUT2D eigenvalue weighted by molar-refractivity contribution is 5.95. The molecule has 3 amide bonds. The summed E-state index contributed by atoms with van der Waals surface area (Å²) in [6.07, 6.45) is 0.488. The van der Waals surface area contributed by atoms with Crippen molar-refractivity contribution in [2.24, 2.45) is 0 Å². The molecule has 1 saturated heterocycles. The van der Waals surface area contributed by atoms with E-state index in [-0.39, 0.29) is 18.5 Å². The van der Waals surface area contributed by atoms with Crippen molar-refractivity contribution < 1.29 is 23.9 Å². The predicted molar refractivity (Wildman–Crippen MR) is 119 cm³/mol. The fourth-order valence-electron chi connectivity index (χ4n) is 4.13. The van der Waals surface area contributed by atoms with Crippen molar-refractivity contribution in [3.63, 3.8) is 0 Å². The van der Waals surface area contributed by atoms with Crippen molar-refractivity contribution in [3.8, 4) is 5.75 Å². The second kappa shape index (κ2) is 10.5. The zero-order valence-electron chi connectivity index (χ0n) is 19.2. The summed E-state index contributed by atoms with van der Waals surface area (Å²) in [4.78, 5) is 43.4. The molecule has 1 aromatic carbocycles. The lowest BCUT2D eigenvalue weighted by molar-refractivity contribution is -0.139. The number of urea groups is 1. The Balaban J connectivity index is 1.97. The molecule has 0 radical (unpaired) electrons. The van der Waals surface area contributed by atoms with E-state index in [1.54, 1.807) is 27.1 Å². The number of nitrogens with one attached hydrogen (secondary N) is 1. The second-order valence-electron chi connectivity index (χ2n) is 7.77. The van der Waals surface area contributed by atoms with E-state index in [1.807, 2.05) is 30.0 Å². The molecule has 1 N–H and O–H groups in total. The molecule has 0 spiro atoms. The minimum absolute atomic E-state index is 0.140. The number of ether oxygens (including phenoxy) is 2. The van der Waals surface area contributed by atoms with Crippen LogP contribution in [0.1, 0.15) is 31.9 Å². The molecule has 2 aliphatic heterocycles. The summed E-state index contributed by atoms with van der Waals surface area (Å²) in [6, 6.07) is 6.32. The first-order chi connectivity index (χ1) is 15.4. The minimum Gasteiger partial charge on any atom is -0.496 e. The van der Waals surface area contributed by atoms with Crippen LogP contribution in [0.5, 0.6) is 5.75 Å². The number of hydrogen-bond donors (Lipinski definition) is 1. The minimum atomic E-state index is -0.688. The number of hydrogen-bond acceptors (Lipinski definition) is 6. The highest BCUT2D eigenvalue weighted by atomic mass is 16.5. The molecule has 32 heavy (non-hydrogen) atoms. The molecule has 0 bridgehead atoms. The van der Waals surface area contributed by atoms with E-state index in [4.69, 9.17) is 9.47 Å². The van der Waals surface area contributed by atoms with Crippen molar-refractivity contribution in [2.75, 3.05) is 53.5 Å². The lowest BCUT2D eigenvalue weighted by atomic mass is 9.93. The summed E-state index contributed by atoms with van der Waals surface area (Å²) >= 11 is 0. The average molecular weight is 445 g/mol. The first-order valence-electron chi connectivity index (χ1n) is 11.0. The third-order valence-electron chi connectivity index (χ3n) is 5.92. The first kappa shape index (κ1) is 23.6. The summed E-state index contributed by atoms with van der Waals surface area (Å²) in [6.45, 7) is 6.83. The van der Waals surface area contributed by atoms with Gasteiger partial charge in [-0.3, -0.25) is 14.6 Å². The molecule has 3 rings (SSSR count). The SMILES string of the molecule is CCOC(=O)C1=C(CN2CCN(C(=O)CC)CC2)N(C)C(=O)NC1c1ccccc1OC. The van der Waals surface area contributed by atoms with Crippen LogP contribution in [0.2, 0.25) is 0 Å². The maximum absolute atomic E-state index is 13.1. The molecule has 0 saturated carbocycles. The predicted octanol–water partition coefficient (Wildman–Crippen LogP) is 1.76. The van der Waals surface area contributed by atoms with Crippen LogP contribution < -0.4 is 10.1 Å². The monoisotopic (exact) mass is 444 g/mol. The van der Waals surface area contributed by atoms with Crippen LogP contribution in [0.3, 0.4) is 0 Å². The third-order valence-corrected chi connectivity index (χ3v) is 5.92. The Labute approximate surface area is 188 Å². The Kier molecular flexibility index (Phi) is 7.74. The van der Waals surface area contributed by atoms with Crippen molar-refractivity contribution in [1.29, 1.82) is 0 Å². The first-order valence-corrected chi connectivity index (χ1v) is 11.0. The fraction of sp³-hybridized carbons (Fsp3) is 0.522. The van der Waals surface area contributed by atoms with Gasteiger partial charge in [-0.2, -0.15) is 0 Å². The zero-order chi connectivity index (χ0) is 23.3. The average Bonchev–Trinajstić information content (AvgIpc) is 2.81. The summed E-state index contributed by atoms with van der Waals surface area (Å²) < 4.78 is 10.9. The topological polar surface area (TPSA) is 91.4 Å². The van der Waals surface area contributed by atoms with E-state index in [0.717, 1.165) is 0 Å². The van der Waals surface area contributed by atoms with Gasteiger partial charge >= 0.3 is 12.0 Å². The van der Waals surface area contributed by atoms with Gasteiger partial charge in [0.05, 0.1) is 25.3 Å².